The summed E-state index contributed by atoms with van der Waals surface area (Å²) in [4.78, 5) is 12.1. The highest BCUT2D eigenvalue weighted by molar-refractivity contribution is 5.51. The molecular formula is C17H26N4. The van der Waals surface area contributed by atoms with Crippen LogP contribution in [-0.4, -0.2) is 29.6 Å². The Morgan fingerprint density at radius 2 is 1.90 bits per heavy atom. The van der Waals surface area contributed by atoms with Gasteiger partial charge in [0.1, 0.15) is 17.5 Å². The summed E-state index contributed by atoms with van der Waals surface area (Å²) in [6.45, 7) is 5.60. The molecule has 0 aromatic carbocycles. The smallest absolute Gasteiger partial charge is 0.136 e. The largest absolute Gasteiger partial charge is 0.370 e. The van der Waals surface area contributed by atoms with Crippen molar-refractivity contribution < 1.29 is 0 Å². The van der Waals surface area contributed by atoms with Gasteiger partial charge in [-0.15, -0.1) is 0 Å². The number of aromatic nitrogens is 2. The summed E-state index contributed by atoms with van der Waals surface area (Å²) in [6.07, 6.45) is 7.94. The number of anilines is 2. The number of hydrogen-bond acceptors (Lipinski definition) is 4. The Morgan fingerprint density at radius 1 is 1.14 bits per heavy atom. The topological polar surface area (TPSA) is 41.0 Å². The zero-order valence-corrected chi connectivity index (χ0v) is 13.0. The number of nitrogens with zero attached hydrogens (tertiary/aromatic N) is 3. The van der Waals surface area contributed by atoms with E-state index in [1.165, 1.54) is 51.0 Å². The molecule has 4 nitrogen and oxygen atoms in total. The van der Waals surface area contributed by atoms with E-state index in [1.54, 1.807) is 0 Å². The van der Waals surface area contributed by atoms with Gasteiger partial charge in [-0.05, 0) is 43.9 Å². The molecule has 2 unspecified atom stereocenters. The predicted molar refractivity (Wildman–Crippen MR) is 85.8 cm³/mol. The molecule has 3 fully saturated rings. The minimum Gasteiger partial charge on any atom is -0.370 e. The van der Waals surface area contributed by atoms with Crippen molar-refractivity contribution in [3.05, 3.63) is 11.9 Å². The summed E-state index contributed by atoms with van der Waals surface area (Å²) in [5.41, 5.74) is 0. The molecule has 114 valence electrons. The van der Waals surface area contributed by atoms with Crippen LogP contribution in [0.1, 0.15) is 57.2 Å². The third-order valence-electron chi connectivity index (χ3n) is 5.28. The highest BCUT2D eigenvalue weighted by Gasteiger charge is 2.37. The molecule has 4 heteroatoms. The second kappa shape index (κ2) is 5.47. The van der Waals surface area contributed by atoms with Crippen molar-refractivity contribution in [1.82, 2.24) is 9.97 Å². The Kier molecular flexibility index (Phi) is 3.48. The van der Waals surface area contributed by atoms with E-state index < -0.39 is 0 Å². The first-order valence-electron chi connectivity index (χ1n) is 8.71. The number of rotatable bonds is 5. The highest BCUT2D eigenvalue weighted by atomic mass is 15.2. The fraction of sp³-hybridized carbons (Fsp3) is 0.765. The Labute approximate surface area is 127 Å². The van der Waals surface area contributed by atoms with E-state index in [-0.39, 0.29) is 0 Å². The predicted octanol–water partition coefficient (Wildman–Crippen LogP) is 3.41. The molecule has 2 heterocycles. The Bertz CT molecular complexity index is 500. The second-order valence-electron chi connectivity index (χ2n) is 7.03. The van der Waals surface area contributed by atoms with Gasteiger partial charge in [0.2, 0.25) is 0 Å². The van der Waals surface area contributed by atoms with Crippen LogP contribution >= 0.6 is 0 Å². The first kappa shape index (κ1) is 13.4. The summed E-state index contributed by atoms with van der Waals surface area (Å²) in [5.74, 6) is 5.71. The average molecular weight is 286 g/mol. The van der Waals surface area contributed by atoms with Crippen LogP contribution in [0.15, 0.2) is 6.07 Å². The molecule has 1 saturated heterocycles. The van der Waals surface area contributed by atoms with E-state index in [9.17, 15) is 0 Å². The third kappa shape index (κ3) is 2.72. The van der Waals surface area contributed by atoms with Gasteiger partial charge in [0.25, 0.3) is 0 Å². The van der Waals surface area contributed by atoms with Gasteiger partial charge in [-0.3, -0.25) is 0 Å². The molecule has 1 aromatic heterocycles. The summed E-state index contributed by atoms with van der Waals surface area (Å²) < 4.78 is 0. The fourth-order valence-corrected chi connectivity index (χ4v) is 3.90. The quantitative estimate of drug-likeness (QED) is 0.900. The maximum atomic E-state index is 4.89. The lowest BCUT2D eigenvalue weighted by atomic mass is 10.0. The van der Waals surface area contributed by atoms with Crippen molar-refractivity contribution in [3.63, 3.8) is 0 Å². The van der Waals surface area contributed by atoms with Crippen LogP contribution in [-0.2, 0) is 0 Å². The van der Waals surface area contributed by atoms with Crippen LogP contribution in [0.4, 0.5) is 11.6 Å². The average Bonchev–Trinajstić information content (AvgIpc) is 3.13. The molecule has 2 saturated carbocycles. The van der Waals surface area contributed by atoms with E-state index in [0.29, 0.717) is 5.92 Å². The van der Waals surface area contributed by atoms with Crippen LogP contribution in [0.2, 0.25) is 0 Å². The van der Waals surface area contributed by atoms with Crippen LogP contribution < -0.4 is 10.2 Å². The number of hydrogen-bond donors (Lipinski definition) is 1. The van der Waals surface area contributed by atoms with Crippen molar-refractivity contribution in [2.24, 2.45) is 11.8 Å². The van der Waals surface area contributed by atoms with Crippen molar-refractivity contribution in [1.29, 1.82) is 0 Å². The van der Waals surface area contributed by atoms with Crippen LogP contribution in [0.25, 0.3) is 0 Å². The van der Waals surface area contributed by atoms with Crippen molar-refractivity contribution in [2.75, 3.05) is 29.9 Å². The van der Waals surface area contributed by atoms with Crippen LogP contribution in [0.5, 0.6) is 0 Å². The normalized spacial score (nSPS) is 28.0. The van der Waals surface area contributed by atoms with E-state index in [0.717, 1.165) is 36.4 Å². The molecule has 21 heavy (non-hydrogen) atoms. The van der Waals surface area contributed by atoms with Gasteiger partial charge in [-0.1, -0.05) is 13.3 Å². The van der Waals surface area contributed by atoms with Gasteiger partial charge in [0, 0.05) is 31.6 Å². The molecule has 1 N–H and O–H groups in total. The van der Waals surface area contributed by atoms with E-state index >= 15 is 0 Å². The molecule has 1 aliphatic heterocycles. The van der Waals surface area contributed by atoms with Gasteiger partial charge in [0.15, 0.2) is 0 Å². The standard InChI is InChI=1S/C17H26N4/c1-2-8-18-15-9-16(20-17(19-15)12-6-7-12)21-10-13-4-3-5-14(13)11-21/h9,12-14H,2-8,10-11H2,1H3,(H,18,19,20). The molecular weight excluding hydrogens is 260 g/mol. The SMILES string of the molecule is CCCNc1cc(N2CC3CCCC3C2)nc(C2CC2)n1. The lowest BCUT2D eigenvalue weighted by Gasteiger charge is -2.20. The molecule has 2 aliphatic carbocycles. The monoisotopic (exact) mass is 286 g/mol. The van der Waals surface area contributed by atoms with Crippen molar-refractivity contribution >= 4 is 11.6 Å². The van der Waals surface area contributed by atoms with Gasteiger partial charge in [-0.2, -0.15) is 0 Å². The number of nitrogens with one attached hydrogen (secondary N) is 1. The van der Waals surface area contributed by atoms with E-state index in [1.807, 2.05) is 0 Å². The zero-order valence-electron chi connectivity index (χ0n) is 13.0. The Hall–Kier alpha value is -1.32. The first-order valence-corrected chi connectivity index (χ1v) is 8.71. The Balaban J connectivity index is 1.56. The second-order valence-corrected chi connectivity index (χ2v) is 7.03. The molecule has 1 aromatic rings. The zero-order chi connectivity index (χ0) is 14.2. The first-order chi connectivity index (χ1) is 10.3. The molecule has 0 radical (unpaired) electrons. The van der Waals surface area contributed by atoms with Crippen LogP contribution in [0, 0.1) is 11.8 Å². The van der Waals surface area contributed by atoms with Gasteiger partial charge < -0.3 is 10.2 Å². The van der Waals surface area contributed by atoms with Gasteiger partial charge in [0.05, 0.1) is 0 Å². The fourth-order valence-electron chi connectivity index (χ4n) is 3.90. The minimum absolute atomic E-state index is 0.620. The van der Waals surface area contributed by atoms with Crippen LogP contribution in [0.3, 0.4) is 0 Å². The molecule has 4 rings (SSSR count). The van der Waals surface area contributed by atoms with E-state index in [4.69, 9.17) is 9.97 Å². The molecule has 3 aliphatic rings. The number of fused-ring (bicyclic) bond motifs is 1. The molecule has 0 bridgehead atoms. The maximum Gasteiger partial charge on any atom is 0.136 e. The Morgan fingerprint density at radius 3 is 2.57 bits per heavy atom. The maximum absolute atomic E-state index is 4.89. The summed E-state index contributed by atoms with van der Waals surface area (Å²) in [6, 6.07) is 2.17. The third-order valence-corrected chi connectivity index (χ3v) is 5.28. The lowest BCUT2D eigenvalue weighted by molar-refractivity contribution is 0.494. The van der Waals surface area contributed by atoms with Crippen molar-refractivity contribution in [2.45, 2.75) is 51.4 Å². The summed E-state index contributed by atoms with van der Waals surface area (Å²) in [5, 5.41) is 3.45. The molecule has 0 amide bonds. The van der Waals surface area contributed by atoms with E-state index in [2.05, 4.69) is 23.2 Å². The molecule has 2 atom stereocenters. The van der Waals surface area contributed by atoms with Gasteiger partial charge >= 0.3 is 0 Å². The van der Waals surface area contributed by atoms with Gasteiger partial charge in [-0.25, -0.2) is 9.97 Å². The summed E-state index contributed by atoms with van der Waals surface area (Å²) in [7, 11) is 0. The van der Waals surface area contributed by atoms with Crippen molar-refractivity contribution in [3.8, 4) is 0 Å². The molecule has 0 spiro atoms. The highest BCUT2D eigenvalue weighted by Crippen LogP contribution is 2.42. The lowest BCUT2D eigenvalue weighted by Crippen LogP contribution is -2.23. The summed E-state index contributed by atoms with van der Waals surface area (Å²) >= 11 is 0. The minimum atomic E-state index is 0.620.